The van der Waals surface area contributed by atoms with Crippen LogP contribution >= 0.6 is 0 Å². The summed E-state index contributed by atoms with van der Waals surface area (Å²) < 4.78 is 39.7. The molecule has 0 fully saturated rings. The van der Waals surface area contributed by atoms with Crippen LogP contribution in [0.2, 0.25) is 0 Å². The van der Waals surface area contributed by atoms with Crippen LogP contribution in [0.3, 0.4) is 0 Å². The number of aromatic nitrogens is 1. The highest BCUT2D eigenvalue weighted by Crippen LogP contribution is 2.17. The van der Waals surface area contributed by atoms with Crippen LogP contribution in [0.1, 0.15) is 6.42 Å². The molecule has 130 valence electrons. The second-order valence-corrected chi connectivity index (χ2v) is 7.26. The molecule has 2 aromatic rings. The van der Waals surface area contributed by atoms with E-state index in [9.17, 15) is 12.8 Å². The van der Waals surface area contributed by atoms with Gasteiger partial charge in [-0.15, -0.1) is 0 Å². The summed E-state index contributed by atoms with van der Waals surface area (Å²) in [6, 6.07) is 7.97. The van der Waals surface area contributed by atoms with Crippen molar-refractivity contribution in [2.75, 3.05) is 37.2 Å². The van der Waals surface area contributed by atoms with Crippen LogP contribution in [0.5, 0.6) is 0 Å². The Hall–Kier alpha value is -2.19. The fourth-order valence-corrected chi connectivity index (χ4v) is 3.04. The third-order valence-corrected chi connectivity index (χ3v) is 4.63. The van der Waals surface area contributed by atoms with Gasteiger partial charge >= 0.3 is 0 Å². The molecule has 0 spiro atoms. The zero-order chi connectivity index (χ0) is 17.6. The van der Waals surface area contributed by atoms with Gasteiger partial charge in [-0.05, 0) is 63.5 Å². The lowest BCUT2D eigenvalue weighted by atomic mass is 10.3. The van der Waals surface area contributed by atoms with Gasteiger partial charge in [0.2, 0.25) is 0 Å². The van der Waals surface area contributed by atoms with Crippen molar-refractivity contribution in [2.45, 2.75) is 11.3 Å². The van der Waals surface area contributed by atoms with Gasteiger partial charge in [0, 0.05) is 6.54 Å². The normalized spacial score (nSPS) is 11.5. The van der Waals surface area contributed by atoms with Crippen molar-refractivity contribution in [3.05, 3.63) is 48.4 Å². The van der Waals surface area contributed by atoms with Gasteiger partial charge in [-0.1, -0.05) is 0 Å². The van der Waals surface area contributed by atoms with Crippen molar-refractivity contribution in [1.29, 1.82) is 0 Å². The second kappa shape index (κ2) is 8.07. The Labute approximate surface area is 141 Å². The molecule has 1 heterocycles. The molecule has 0 aliphatic carbocycles. The minimum Gasteiger partial charge on any atom is -0.370 e. The molecule has 0 saturated carbocycles. The van der Waals surface area contributed by atoms with Crippen molar-refractivity contribution in [3.8, 4) is 0 Å². The second-order valence-electron chi connectivity index (χ2n) is 5.58. The number of halogens is 1. The van der Waals surface area contributed by atoms with Crippen LogP contribution in [0.4, 0.5) is 15.9 Å². The fraction of sp³-hybridized carbons (Fsp3) is 0.312. The fourth-order valence-electron chi connectivity index (χ4n) is 2.00. The Kier molecular flexibility index (Phi) is 6.10. The topological polar surface area (TPSA) is 74.3 Å². The average molecular weight is 352 g/mol. The van der Waals surface area contributed by atoms with Gasteiger partial charge in [-0.2, -0.15) is 0 Å². The highest BCUT2D eigenvalue weighted by atomic mass is 32.2. The molecule has 6 nitrogen and oxygen atoms in total. The summed E-state index contributed by atoms with van der Waals surface area (Å²) in [4.78, 5) is 6.27. The van der Waals surface area contributed by atoms with Crippen molar-refractivity contribution in [3.63, 3.8) is 0 Å². The van der Waals surface area contributed by atoms with Crippen LogP contribution in [-0.4, -0.2) is 45.5 Å². The number of nitrogens with one attached hydrogen (secondary N) is 2. The molecule has 0 radical (unpaired) electrons. The Balaban J connectivity index is 1.94. The summed E-state index contributed by atoms with van der Waals surface area (Å²) in [5, 5.41) is 3.17. The maximum Gasteiger partial charge on any atom is 0.261 e. The van der Waals surface area contributed by atoms with E-state index >= 15 is 0 Å². The predicted octanol–water partition coefficient (Wildman–Crippen LogP) is 2.39. The molecule has 0 saturated heterocycles. The zero-order valence-corrected chi connectivity index (χ0v) is 14.5. The van der Waals surface area contributed by atoms with Crippen LogP contribution in [0.25, 0.3) is 0 Å². The molecular weight excluding hydrogens is 331 g/mol. The van der Waals surface area contributed by atoms with E-state index in [0.29, 0.717) is 11.5 Å². The third-order valence-electron chi connectivity index (χ3n) is 3.23. The van der Waals surface area contributed by atoms with E-state index < -0.39 is 15.8 Å². The smallest absolute Gasteiger partial charge is 0.261 e. The molecule has 1 aromatic carbocycles. The van der Waals surface area contributed by atoms with Crippen LogP contribution in [0.15, 0.2) is 47.5 Å². The molecule has 0 unspecified atom stereocenters. The predicted molar refractivity (Wildman–Crippen MR) is 93.1 cm³/mol. The van der Waals surface area contributed by atoms with E-state index in [1.54, 1.807) is 12.1 Å². The highest BCUT2D eigenvalue weighted by Gasteiger charge is 2.14. The molecule has 0 bridgehead atoms. The first kappa shape index (κ1) is 18.2. The molecule has 24 heavy (non-hydrogen) atoms. The van der Waals surface area contributed by atoms with Crippen molar-refractivity contribution < 1.29 is 12.8 Å². The van der Waals surface area contributed by atoms with Crippen LogP contribution < -0.4 is 10.0 Å². The first-order chi connectivity index (χ1) is 11.4. The van der Waals surface area contributed by atoms with E-state index in [2.05, 4.69) is 19.9 Å². The molecule has 2 rings (SSSR count). The van der Waals surface area contributed by atoms with Gasteiger partial charge < -0.3 is 10.2 Å². The van der Waals surface area contributed by atoms with E-state index in [1.807, 2.05) is 14.1 Å². The minimum atomic E-state index is -3.76. The molecule has 1 aromatic heterocycles. The van der Waals surface area contributed by atoms with E-state index in [-0.39, 0.29) is 4.90 Å². The molecule has 0 aliphatic heterocycles. The third kappa shape index (κ3) is 5.47. The molecule has 0 aliphatic rings. The highest BCUT2D eigenvalue weighted by molar-refractivity contribution is 7.92. The van der Waals surface area contributed by atoms with Gasteiger partial charge in [0.25, 0.3) is 10.0 Å². The standard InChI is InChI=1S/C16H21FN4O2S/c1-21(2)11-3-10-18-16-9-6-14(12-19-16)20-24(22,23)15-7-4-13(17)5-8-15/h4-9,12,20H,3,10-11H2,1-2H3,(H,18,19). The molecule has 8 heteroatoms. The zero-order valence-electron chi connectivity index (χ0n) is 13.7. The Morgan fingerprint density at radius 1 is 1.12 bits per heavy atom. The minimum absolute atomic E-state index is 0.00483. The quantitative estimate of drug-likeness (QED) is 0.714. The largest absolute Gasteiger partial charge is 0.370 e. The van der Waals surface area contributed by atoms with Gasteiger partial charge in [0.15, 0.2) is 0 Å². The summed E-state index contributed by atoms with van der Waals surface area (Å²) in [6.07, 6.45) is 2.42. The monoisotopic (exact) mass is 352 g/mol. The van der Waals surface area contributed by atoms with Gasteiger partial charge in [-0.3, -0.25) is 4.72 Å². The van der Waals surface area contributed by atoms with E-state index in [1.165, 1.54) is 18.3 Å². The maximum absolute atomic E-state index is 12.9. The Bertz CT molecular complexity index is 747. The van der Waals surface area contributed by atoms with Crippen LogP contribution in [0, 0.1) is 5.82 Å². The number of benzene rings is 1. The van der Waals surface area contributed by atoms with Crippen molar-refractivity contribution in [2.24, 2.45) is 0 Å². The summed E-state index contributed by atoms with van der Waals surface area (Å²) in [7, 11) is 0.272. The first-order valence-electron chi connectivity index (χ1n) is 7.50. The maximum atomic E-state index is 12.9. The Morgan fingerprint density at radius 2 is 1.83 bits per heavy atom. The van der Waals surface area contributed by atoms with Gasteiger partial charge in [0.05, 0.1) is 16.8 Å². The van der Waals surface area contributed by atoms with Gasteiger partial charge in [-0.25, -0.2) is 17.8 Å². The number of sulfonamides is 1. The van der Waals surface area contributed by atoms with E-state index in [0.717, 1.165) is 31.6 Å². The summed E-state index contributed by atoms with van der Waals surface area (Å²) in [5.74, 6) is 0.193. The molecule has 0 atom stereocenters. The lowest BCUT2D eigenvalue weighted by Crippen LogP contribution is -2.16. The number of pyridine rings is 1. The molecule has 2 N–H and O–H groups in total. The summed E-state index contributed by atoms with van der Waals surface area (Å²) in [5.41, 5.74) is 0.346. The number of nitrogens with zero attached hydrogens (tertiary/aromatic N) is 2. The number of anilines is 2. The first-order valence-corrected chi connectivity index (χ1v) is 8.98. The van der Waals surface area contributed by atoms with Gasteiger partial charge in [0.1, 0.15) is 11.6 Å². The van der Waals surface area contributed by atoms with E-state index in [4.69, 9.17) is 0 Å². The number of hydrogen-bond acceptors (Lipinski definition) is 5. The number of hydrogen-bond donors (Lipinski definition) is 2. The summed E-state index contributed by atoms with van der Waals surface area (Å²) >= 11 is 0. The number of rotatable bonds is 8. The molecular formula is C16H21FN4O2S. The molecule has 0 amide bonds. The lowest BCUT2D eigenvalue weighted by Gasteiger charge is -2.11. The average Bonchev–Trinajstić information content (AvgIpc) is 2.53. The Morgan fingerprint density at radius 3 is 2.42 bits per heavy atom. The lowest BCUT2D eigenvalue weighted by molar-refractivity contribution is 0.405. The van der Waals surface area contributed by atoms with Crippen molar-refractivity contribution in [1.82, 2.24) is 9.88 Å². The summed E-state index contributed by atoms with van der Waals surface area (Å²) in [6.45, 7) is 1.76. The van der Waals surface area contributed by atoms with Crippen molar-refractivity contribution >= 4 is 21.5 Å². The SMILES string of the molecule is CN(C)CCCNc1ccc(NS(=O)(=O)c2ccc(F)cc2)cn1. The van der Waals surface area contributed by atoms with Crippen LogP contribution in [-0.2, 0) is 10.0 Å².